The van der Waals surface area contributed by atoms with Gasteiger partial charge >= 0.3 is 0 Å². The molecular formula is C62H115N11O21S. The van der Waals surface area contributed by atoms with Crippen molar-refractivity contribution in [3.05, 3.63) is 0 Å². The van der Waals surface area contributed by atoms with E-state index in [1.165, 1.54) is 13.8 Å². The van der Waals surface area contributed by atoms with Crippen LogP contribution in [0.15, 0.2) is 0 Å². The molecule has 550 valence electrons. The Bertz CT molecular complexity index is 2140. The smallest absolute Gasteiger partial charge is 0.246 e. The van der Waals surface area contributed by atoms with Gasteiger partial charge in [0, 0.05) is 84.3 Å². The molecular weight excluding hydrogens is 1270 g/mol. The van der Waals surface area contributed by atoms with Gasteiger partial charge in [-0.15, -0.1) is 0 Å². The average Bonchev–Trinajstić information content (AvgIpc) is 2.98. The van der Waals surface area contributed by atoms with Gasteiger partial charge in [0.2, 0.25) is 53.2 Å². The Morgan fingerprint density at radius 2 is 0.800 bits per heavy atom. The largest absolute Gasteiger partial charge is 0.377 e. The van der Waals surface area contributed by atoms with Gasteiger partial charge in [-0.25, -0.2) is 0 Å². The minimum absolute atomic E-state index is 0.0111. The molecule has 0 aromatic rings. The molecule has 0 heterocycles. The maximum absolute atomic E-state index is 12.7. The van der Waals surface area contributed by atoms with Crippen molar-refractivity contribution in [3.63, 3.8) is 0 Å². The third-order valence-corrected chi connectivity index (χ3v) is 13.5. The lowest BCUT2D eigenvalue weighted by atomic mass is 9.95. The average molecular weight is 1380 g/mol. The Hall–Kier alpha value is -6.14. The first-order valence-electron chi connectivity index (χ1n) is 32.7. The van der Waals surface area contributed by atoms with Crippen molar-refractivity contribution in [3.8, 4) is 0 Å². The van der Waals surface area contributed by atoms with Gasteiger partial charge in [-0.2, -0.15) is 0 Å². The number of likely N-dealkylation sites (N-methyl/N-ethyl adjacent to an activating group) is 1. The molecule has 0 spiro atoms. The van der Waals surface area contributed by atoms with E-state index >= 15 is 0 Å². The monoisotopic (exact) mass is 1380 g/mol. The molecule has 0 radical (unpaired) electrons. The molecule has 32 nitrogen and oxygen atoms in total. The minimum atomic E-state index is -0.539. The topological polar surface area (TPSA) is 456 Å². The Morgan fingerprint density at radius 1 is 0.411 bits per heavy atom. The highest BCUT2D eigenvalue weighted by Gasteiger charge is 2.22. The molecule has 0 aromatic heterocycles. The van der Waals surface area contributed by atoms with Crippen molar-refractivity contribution < 1.29 is 100 Å². The quantitative estimate of drug-likeness (QED) is 0.0312. The molecule has 0 aliphatic heterocycles. The number of ketones is 3. The summed E-state index contributed by atoms with van der Waals surface area (Å²) in [7, 11) is 1.67. The van der Waals surface area contributed by atoms with E-state index in [4.69, 9.17) is 49.4 Å². The minimum Gasteiger partial charge on any atom is -0.377 e. The maximum Gasteiger partial charge on any atom is 0.246 e. The number of unbranched alkanes of at least 4 members (excludes halogenated alkanes) is 3. The number of hydrogen-bond donors (Lipinski definition) is 11. The lowest BCUT2D eigenvalue weighted by Gasteiger charge is -2.16. The predicted molar refractivity (Wildman–Crippen MR) is 355 cm³/mol. The van der Waals surface area contributed by atoms with Crippen LogP contribution in [0.1, 0.15) is 131 Å². The van der Waals surface area contributed by atoms with Gasteiger partial charge in [0.05, 0.1) is 104 Å². The number of carbonyl (C=O) groups excluding carboxylic acids is 13. The molecule has 3 atom stereocenters. The molecule has 0 aromatic carbocycles. The van der Waals surface area contributed by atoms with Gasteiger partial charge in [0.15, 0.2) is 10.9 Å². The predicted octanol–water partition coefficient (Wildman–Crippen LogP) is -1.41. The van der Waals surface area contributed by atoms with E-state index < -0.39 is 11.8 Å². The van der Waals surface area contributed by atoms with Gasteiger partial charge in [0.25, 0.3) is 0 Å². The normalized spacial score (nSPS) is 11.6. The number of Topliss-reactive ketones (excluding diaryl/α,β-unsaturated/α-hetero) is 3. The van der Waals surface area contributed by atoms with E-state index in [9.17, 15) is 62.3 Å². The van der Waals surface area contributed by atoms with Crippen molar-refractivity contribution in [2.24, 2.45) is 17.4 Å². The van der Waals surface area contributed by atoms with Crippen LogP contribution >= 0.6 is 11.8 Å². The van der Waals surface area contributed by atoms with Crippen molar-refractivity contribution >= 4 is 87.4 Å². The fraction of sp³-hybridized carbons (Fsp3) is 0.790. The SMILES string of the molecule is CCC(C)=O.CCCC[C@H](NCC(C)=O)C(N)=O.CCNC(=O)[C@H](CCCCNC(=O)CCCC(=O)NCCOCCOCC(=O)NCCOCCOCC(=O)NCCCC[C@H](NC)C(N)=O)CC(=O)COCCOCCNC(=O)COCCOCCNC(=O)CSC(C)=O. The summed E-state index contributed by atoms with van der Waals surface area (Å²) in [6, 6.07) is -0.737. The van der Waals surface area contributed by atoms with Crippen LogP contribution in [0, 0.1) is 5.92 Å². The zero-order chi connectivity index (χ0) is 71.5. The second-order valence-electron chi connectivity index (χ2n) is 21.2. The lowest BCUT2D eigenvalue weighted by molar-refractivity contribution is -0.131. The standard InChI is InChI=1S/C49H89N9O18S.C9H18N2O2.C4H8O/c1-4-52-49(68)39(32-40(60)33-73-28-24-70-21-17-56-45(64)36-76-31-27-72-23-19-58-47(66)37-77-38(2)59)10-5-7-14-53-42(61)12-9-13-43(62)55-16-20-69-25-30-75-35-46(65)57-18-22-71-26-29-74-34-44(63)54-15-8-6-11-41(51-3)48(50)67;1-3-4-5-8(9(10)13)11-6-7(2)12;1-3-4(2)5/h39,41,51H,4-37H2,1-3H3,(H2,50,67)(H,52,68)(H,53,61)(H,54,63)(H,55,62)(H,56,64)(H,57,65)(H,58,66);8,11H,3-6H2,1-2H3,(H2,10,13);3H2,1-2H3/t39-,41+;8-;/m10./s1. The van der Waals surface area contributed by atoms with Gasteiger partial charge in [0.1, 0.15) is 38.0 Å². The van der Waals surface area contributed by atoms with Crippen molar-refractivity contribution in [1.29, 1.82) is 0 Å². The first-order chi connectivity index (χ1) is 45.5. The van der Waals surface area contributed by atoms with Gasteiger partial charge in [-0.1, -0.05) is 44.9 Å². The molecule has 13 N–H and O–H groups in total. The van der Waals surface area contributed by atoms with Crippen LogP contribution in [-0.4, -0.2) is 259 Å². The van der Waals surface area contributed by atoms with Crippen LogP contribution < -0.4 is 59.3 Å². The van der Waals surface area contributed by atoms with Gasteiger partial charge in [-0.3, -0.25) is 62.9 Å². The Kier molecular flexibility index (Phi) is 66.4. The molecule has 0 aliphatic carbocycles. The van der Waals surface area contributed by atoms with Crippen LogP contribution in [0.5, 0.6) is 0 Å². The number of carbonyl (C=O) groups is 13. The number of rotatable bonds is 62. The number of hydrogen-bond acceptors (Lipinski definition) is 24. The summed E-state index contributed by atoms with van der Waals surface area (Å²) in [6.45, 7) is 14.8. The second kappa shape index (κ2) is 67.8. The highest BCUT2D eigenvalue weighted by Crippen LogP contribution is 2.14. The third kappa shape index (κ3) is 69.0. The fourth-order valence-electron chi connectivity index (χ4n) is 7.44. The highest BCUT2D eigenvalue weighted by atomic mass is 32.2. The molecule has 0 rings (SSSR count). The summed E-state index contributed by atoms with van der Waals surface area (Å²) < 4.78 is 42.8. The van der Waals surface area contributed by atoms with Crippen molar-refractivity contribution in [2.45, 2.75) is 144 Å². The van der Waals surface area contributed by atoms with E-state index in [1.54, 1.807) is 20.9 Å². The molecule has 0 bridgehead atoms. The summed E-state index contributed by atoms with van der Waals surface area (Å²) >= 11 is 0.931. The summed E-state index contributed by atoms with van der Waals surface area (Å²) in [6.07, 6.45) is 7.73. The first-order valence-corrected chi connectivity index (χ1v) is 33.6. The van der Waals surface area contributed by atoms with E-state index in [2.05, 4.69) is 47.9 Å². The number of thioether (sulfide) groups is 1. The third-order valence-electron chi connectivity index (χ3n) is 12.7. The van der Waals surface area contributed by atoms with Gasteiger partial charge < -0.3 is 96.7 Å². The van der Waals surface area contributed by atoms with E-state index in [-0.39, 0.29) is 239 Å². The summed E-state index contributed by atoms with van der Waals surface area (Å²) in [5.41, 5.74) is 10.4. The van der Waals surface area contributed by atoms with Crippen molar-refractivity contribution in [2.75, 3.05) is 171 Å². The lowest BCUT2D eigenvalue weighted by Crippen LogP contribution is -2.43. The second-order valence-corrected chi connectivity index (χ2v) is 22.4. The maximum atomic E-state index is 12.7. The zero-order valence-electron chi connectivity index (χ0n) is 57.4. The molecule has 0 unspecified atom stereocenters. The molecule has 0 saturated heterocycles. The van der Waals surface area contributed by atoms with E-state index in [1.807, 2.05) is 13.8 Å². The fourth-order valence-corrected chi connectivity index (χ4v) is 7.88. The first kappa shape index (κ1) is 93.0. The number of amides is 9. The Labute approximate surface area is 565 Å². The van der Waals surface area contributed by atoms with Crippen LogP contribution in [-0.2, 0) is 100 Å². The van der Waals surface area contributed by atoms with Gasteiger partial charge in [-0.05, 0) is 72.8 Å². The molecule has 0 aliphatic rings. The van der Waals surface area contributed by atoms with Crippen molar-refractivity contribution in [1.82, 2.24) is 47.9 Å². The molecule has 95 heavy (non-hydrogen) atoms. The van der Waals surface area contributed by atoms with E-state index in [0.717, 1.165) is 31.0 Å². The zero-order valence-corrected chi connectivity index (χ0v) is 58.3. The number of nitrogens with two attached hydrogens (primary N) is 2. The summed E-state index contributed by atoms with van der Waals surface area (Å²) in [5, 5.41) is 24.5. The number of ether oxygens (including phenoxy) is 8. The Balaban J connectivity index is -0.00000406. The van der Waals surface area contributed by atoms with Crippen LogP contribution in [0.3, 0.4) is 0 Å². The molecule has 0 saturated carbocycles. The number of nitrogens with one attached hydrogen (secondary N) is 9. The molecule has 33 heteroatoms. The van der Waals surface area contributed by atoms with Crippen LogP contribution in [0.2, 0.25) is 0 Å². The summed E-state index contributed by atoms with van der Waals surface area (Å²) in [4.78, 5) is 150. The molecule has 9 amide bonds. The summed E-state index contributed by atoms with van der Waals surface area (Å²) in [5.74, 6) is -2.99. The van der Waals surface area contributed by atoms with Crippen LogP contribution in [0.25, 0.3) is 0 Å². The number of primary amides is 2. The van der Waals surface area contributed by atoms with Crippen LogP contribution in [0.4, 0.5) is 0 Å². The highest BCUT2D eigenvalue weighted by molar-refractivity contribution is 8.14. The Morgan fingerprint density at radius 3 is 1.20 bits per heavy atom. The van der Waals surface area contributed by atoms with E-state index in [0.29, 0.717) is 77.5 Å². The molecule has 0 fully saturated rings.